The molecule has 1 fully saturated rings. The van der Waals surface area contributed by atoms with Crippen LogP contribution in [-0.2, 0) is 0 Å². The number of rotatable bonds is 3. The van der Waals surface area contributed by atoms with Crippen molar-refractivity contribution in [2.75, 3.05) is 6.61 Å². The van der Waals surface area contributed by atoms with Gasteiger partial charge in [0.25, 0.3) is 0 Å². The van der Waals surface area contributed by atoms with Crippen LogP contribution in [0.3, 0.4) is 0 Å². The second-order valence-corrected chi connectivity index (χ2v) is 3.84. The van der Waals surface area contributed by atoms with Crippen LogP contribution < -0.4 is 0 Å². The Morgan fingerprint density at radius 1 is 1.45 bits per heavy atom. The normalized spacial score (nSPS) is 34.5. The Labute approximate surface area is 68.1 Å². The van der Waals surface area contributed by atoms with Crippen LogP contribution in [-0.4, -0.2) is 11.7 Å². The molecule has 62 valence electrons. The Kier molecular flexibility index (Phi) is 1.99. The fourth-order valence-corrected chi connectivity index (χ4v) is 2.51. The predicted molar refractivity (Wildman–Crippen MR) is 45.2 cm³/mol. The van der Waals surface area contributed by atoms with E-state index in [9.17, 15) is 0 Å². The van der Waals surface area contributed by atoms with Gasteiger partial charge in [0.05, 0.1) is 0 Å². The third-order valence-corrected chi connectivity index (χ3v) is 3.07. The summed E-state index contributed by atoms with van der Waals surface area (Å²) in [7, 11) is 0. The van der Waals surface area contributed by atoms with E-state index in [1.54, 1.807) is 5.57 Å². The van der Waals surface area contributed by atoms with Crippen LogP contribution in [0.15, 0.2) is 11.6 Å². The monoisotopic (exact) mass is 152 g/mol. The van der Waals surface area contributed by atoms with E-state index >= 15 is 0 Å². The molecule has 2 aliphatic carbocycles. The van der Waals surface area contributed by atoms with Crippen molar-refractivity contribution in [3.05, 3.63) is 11.6 Å². The number of aliphatic hydroxyl groups is 1. The zero-order valence-corrected chi connectivity index (χ0v) is 6.92. The summed E-state index contributed by atoms with van der Waals surface area (Å²) in [5, 5.41) is 8.67. The lowest BCUT2D eigenvalue weighted by molar-refractivity contribution is 0.287. The van der Waals surface area contributed by atoms with Gasteiger partial charge in [-0.25, -0.2) is 0 Å². The molecule has 2 unspecified atom stereocenters. The molecule has 2 atom stereocenters. The molecule has 11 heavy (non-hydrogen) atoms. The van der Waals surface area contributed by atoms with Gasteiger partial charge in [-0.15, -0.1) is 0 Å². The molecule has 2 aliphatic rings. The van der Waals surface area contributed by atoms with Gasteiger partial charge in [0.2, 0.25) is 0 Å². The largest absolute Gasteiger partial charge is 0.396 e. The average Bonchev–Trinajstić information content (AvgIpc) is 2.60. The first-order valence-electron chi connectivity index (χ1n) is 4.71. The average molecular weight is 152 g/mol. The fraction of sp³-hybridized carbons (Fsp3) is 0.800. The van der Waals surface area contributed by atoms with Gasteiger partial charge in [0, 0.05) is 6.61 Å². The van der Waals surface area contributed by atoms with Crippen molar-refractivity contribution >= 4 is 0 Å². The first kappa shape index (κ1) is 7.35. The van der Waals surface area contributed by atoms with Crippen LogP contribution in [0.5, 0.6) is 0 Å². The van der Waals surface area contributed by atoms with Crippen LogP contribution in [0.25, 0.3) is 0 Å². The molecule has 1 N–H and O–H groups in total. The highest BCUT2D eigenvalue weighted by molar-refractivity contribution is 5.19. The van der Waals surface area contributed by atoms with Crippen molar-refractivity contribution in [1.29, 1.82) is 0 Å². The lowest BCUT2D eigenvalue weighted by Crippen LogP contribution is -1.98. The van der Waals surface area contributed by atoms with Crippen molar-refractivity contribution in [1.82, 2.24) is 0 Å². The van der Waals surface area contributed by atoms with Crippen molar-refractivity contribution in [2.24, 2.45) is 11.8 Å². The summed E-state index contributed by atoms with van der Waals surface area (Å²) in [5.41, 5.74) is 1.65. The Morgan fingerprint density at radius 3 is 2.91 bits per heavy atom. The van der Waals surface area contributed by atoms with E-state index in [1.807, 2.05) is 0 Å². The van der Waals surface area contributed by atoms with E-state index in [4.69, 9.17) is 5.11 Å². The Morgan fingerprint density at radius 2 is 2.36 bits per heavy atom. The van der Waals surface area contributed by atoms with Crippen molar-refractivity contribution < 1.29 is 5.11 Å². The summed E-state index contributed by atoms with van der Waals surface area (Å²) in [5.74, 6) is 1.82. The molecule has 2 rings (SSSR count). The number of allylic oxidation sites excluding steroid dienone is 2. The van der Waals surface area contributed by atoms with Crippen LogP contribution in [0.4, 0.5) is 0 Å². The molecular weight excluding hydrogens is 136 g/mol. The van der Waals surface area contributed by atoms with Gasteiger partial charge in [-0.3, -0.25) is 0 Å². The highest BCUT2D eigenvalue weighted by atomic mass is 16.2. The highest BCUT2D eigenvalue weighted by Gasteiger charge is 2.31. The van der Waals surface area contributed by atoms with Gasteiger partial charge in [-0.2, -0.15) is 0 Å². The SMILES string of the molecule is OCCCC1=CC2CCC1C2. The number of fused-ring (bicyclic) bond motifs is 2. The summed E-state index contributed by atoms with van der Waals surface area (Å²) in [4.78, 5) is 0. The predicted octanol–water partition coefficient (Wildman–Crippen LogP) is 2.12. The van der Waals surface area contributed by atoms with E-state index in [0.717, 1.165) is 24.7 Å². The topological polar surface area (TPSA) is 20.2 Å². The van der Waals surface area contributed by atoms with Gasteiger partial charge in [-0.1, -0.05) is 11.6 Å². The molecule has 1 saturated carbocycles. The molecule has 0 aromatic rings. The molecular formula is C10H16O. The molecule has 0 amide bonds. The van der Waals surface area contributed by atoms with Crippen molar-refractivity contribution in [2.45, 2.75) is 32.1 Å². The smallest absolute Gasteiger partial charge is 0.0434 e. The molecule has 0 saturated heterocycles. The Balaban J connectivity index is 1.90. The van der Waals surface area contributed by atoms with Gasteiger partial charge < -0.3 is 5.11 Å². The third kappa shape index (κ3) is 1.34. The minimum Gasteiger partial charge on any atom is -0.396 e. The lowest BCUT2D eigenvalue weighted by atomic mass is 9.95. The molecule has 0 heterocycles. The Bertz CT molecular complexity index is 172. The van der Waals surface area contributed by atoms with Crippen LogP contribution in [0, 0.1) is 11.8 Å². The van der Waals surface area contributed by atoms with Crippen molar-refractivity contribution in [3.63, 3.8) is 0 Å². The fourth-order valence-electron chi connectivity index (χ4n) is 2.51. The second-order valence-electron chi connectivity index (χ2n) is 3.84. The van der Waals surface area contributed by atoms with Crippen LogP contribution in [0.2, 0.25) is 0 Å². The molecule has 1 heteroatoms. The minimum atomic E-state index is 0.356. The minimum absolute atomic E-state index is 0.356. The number of aliphatic hydroxyl groups excluding tert-OH is 1. The molecule has 0 aromatic carbocycles. The van der Waals surface area contributed by atoms with E-state index < -0.39 is 0 Å². The van der Waals surface area contributed by atoms with Crippen LogP contribution >= 0.6 is 0 Å². The summed E-state index contributed by atoms with van der Waals surface area (Å²) in [6.07, 6.45) is 8.84. The molecule has 0 radical (unpaired) electrons. The van der Waals surface area contributed by atoms with E-state index in [-0.39, 0.29) is 0 Å². The van der Waals surface area contributed by atoms with Crippen LogP contribution in [0.1, 0.15) is 32.1 Å². The zero-order chi connectivity index (χ0) is 7.68. The maximum Gasteiger partial charge on any atom is 0.0434 e. The van der Waals surface area contributed by atoms with E-state index in [0.29, 0.717) is 6.61 Å². The van der Waals surface area contributed by atoms with Crippen molar-refractivity contribution in [3.8, 4) is 0 Å². The summed E-state index contributed by atoms with van der Waals surface area (Å²) in [6, 6.07) is 0. The molecule has 0 aromatic heterocycles. The van der Waals surface area contributed by atoms with E-state index in [2.05, 4.69) is 6.08 Å². The third-order valence-electron chi connectivity index (χ3n) is 3.07. The summed E-state index contributed by atoms with van der Waals surface area (Å²) in [6.45, 7) is 0.356. The van der Waals surface area contributed by atoms with Gasteiger partial charge in [0.15, 0.2) is 0 Å². The number of hydrogen-bond acceptors (Lipinski definition) is 1. The first-order chi connectivity index (χ1) is 5.40. The molecule has 0 spiro atoms. The maximum absolute atomic E-state index is 8.67. The summed E-state index contributed by atoms with van der Waals surface area (Å²) < 4.78 is 0. The number of hydrogen-bond donors (Lipinski definition) is 1. The molecule has 1 nitrogen and oxygen atoms in total. The van der Waals surface area contributed by atoms with Gasteiger partial charge in [-0.05, 0) is 43.9 Å². The lowest BCUT2D eigenvalue weighted by Gasteiger charge is -2.11. The van der Waals surface area contributed by atoms with Gasteiger partial charge in [0.1, 0.15) is 0 Å². The van der Waals surface area contributed by atoms with Gasteiger partial charge >= 0.3 is 0 Å². The van der Waals surface area contributed by atoms with E-state index in [1.165, 1.54) is 19.3 Å². The molecule has 2 bridgehead atoms. The Hall–Kier alpha value is -0.300. The highest BCUT2D eigenvalue weighted by Crippen LogP contribution is 2.44. The standard InChI is InChI=1S/C10H16O/c11-5-1-2-9-6-8-3-4-10(9)7-8/h6,8,10-11H,1-5,7H2. The second kappa shape index (κ2) is 2.98. The molecule has 0 aliphatic heterocycles. The zero-order valence-electron chi connectivity index (χ0n) is 6.92. The first-order valence-corrected chi connectivity index (χ1v) is 4.71. The quantitative estimate of drug-likeness (QED) is 0.614. The maximum atomic E-state index is 8.67. The summed E-state index contributed by atoms with van der Waals surface area (Å²) >= 11 is 0.